The second-order valence-corrected chi connectivity index (χ2v) is 5.35. The van der Waals surface area contributed by atoms with Crippen molar-refractivity contribution < 1.29 is 0 Å². The minimum Gasteiger partial charge on any atom is -0.313 e. The lowest BCUT2D eigenvalue weighted by molar-refractivity contribution is 0.281. The van der Waals surface area contributed by atoms with Crippen LogP contribution in [-0.4, -0.2) is 12.0 Å². The molecule has 1 N–H and O–H groups in total. The van der Waals surface area contributed by atoms with E-state index in [4.69, 9.17) is 0 Å². The predicted molar refractivity (Wildman–Crippen MR) is 72.1 cm³/mol. The SMILES string of the molecule is CNC(c1cc(C)nc(C)c1)C1CCCCC1. The van der Waals surface area contributed by atoms with Gasteiger partial charge < -0.3 is 5.32 Å². The molecule has 2 nitrogen and oxygen atoms in total. The van der Waals surface area contributed by atoms with Crippen LogP contribution in [0.25, 0.3) is 0 Å². The van der Waals surface area contributed by atoms with Crippen LogP contribution in [0.3, 0.4) is 0 Å². The van der Waals surface area contributed by atoms with E-state index in [1.165, 1.54) is 37.7 Å². The standard InChI is InChI=1S/C15H24N2/c1-11-9-14(10-12(2)17-11)15(16-3)13-7-5-4-6-8-13/h9-10,13,15-16H,4-8H2,1-3H3. The zero-order valence-electron chi connectivity index (χ0n) is 11.3. The highest BCUT2D eigenvalue weighted by Gasteiger charge is 2.23. The van der Waals surface area contributed by atoms with Gasteiger partial charge in [0, 0.05) is 17.4 Å². The maximum absolute atomic E-state index is 4.47. The average Bonchev–Trinajstić information content (AvgIpc) is 2.30. The molecule has 1 aliphatic rings. The zero-order chi connectivity index (χ0) is 12.3. The van der Waals surface area contributed by atoms with Crippen LogP contribution in [0.4, 0.5) is 0 Å². The summed E-state index contributed by atoms with van der Waals surface area (Å²) < 4.78 is 0. The Kier molecular flexibility index (Phi) is 4.16. The lowest BCUT2D eigenvalue weighted by Crippen LogP contribution is -2.27. The number of hydrogen-bond acceptors (Lipinski definition) is 2. The molecule has 1 aromatic rings. The van der Waals surface area contributed by atoms with Crippen molar-refractivity contribution in [3.05, 3.63) is 29.1 Å². The molecular formula is C15H24N2. The van der Waals surface area contributed by atoms with Gasteiger partial charge in [0.05, 0.1) is 0 Å². The summed E-state index contributed by atoms with van der Waals surface area (Å²) in [6, 6.07) is 4.99. The highest BCUT2D eigenvalue weighted by atomic mass is 14.9. The fourth-order valence-electron chi connectivity index (χ4n) is 3.19. The molecule has 17 heavy (non-hydrogen) atoms. The van der Waals surface area contributed by atoms with Crippen molar-refractivity contribution in [1.82, 2.24) is 10.3 Å². The average molecular weight is 232 g/mol. The third kappa shape index (κ3) is 3.06. The van der Waals surface area contributed by atoms with Crippen molar-refractivity contribution in [3.63, 3.8) is 0 Å². The van der Waals surface area contributed by atoms with Crippen molar-refractivity contribution >= 4 is 0 Å². The largest absolute Gasteiger partial charge is 0.313 e. The number of rotatable bonds is 3. The summed E-state index contributed by atoms with van der Waals surface area (Å²) in [7, 11) is 2.09. The number of hydrogen-bond donors (Lipinski definition) is 1. The molecule has 0 bridgehead atoms. The van der Waals surface area contributed by atoms with E-state index in [1.54, 1.807) is 0 Å². The van der Waals surface area contributed by atoms with Gasteiger partial charge in [-0.15, -0.1) is 0 Å². The van der Waals surface area contributed by atoms with Gasteiger partial charge in [0.25, 0.3) is 0 Å². The molecule has 0 aromatic carbocycles. The normalized spacial score (nSPS) is 19.2. The molecule has 0 radical (unpaired) electrons. The minimum absolute atomic E-state index is 0.510. The maximum Gasteiger partial charge on any atom is 0.0379 e. The third-order valence-corrected chi connectivity index (χ3v) is 3.90. The van der Waals surface area contributed by atoms with Crippen LogP contribution in [-0.2, 0) is 0 Å². The van der Waals surface area contributed by atoms with Crippen molar-refractivity contribution in [2.45, 2.75) is 52.0 Å². The third-order valence-electron chi connectivity index (χ3n) is 3.90. The van der Waals surface area contributed by atoms with Crippen LogP contribution >= 0.6 is 0 Å². The van der Waals surface area contributed by atoms with Gasteiger partial charge in [-0.2, -0.15) is 0 Å². The first-order valence-corrected chi connectivity index (χ1v) is 6.83. The van der Waals surface area contributed by atoms with E-state index in [0.29, 0.717) is 6.04 Å². The zero-order valence-corrected chi connectivity index (χ0v) is 11.3. The highest BCUT2D eigenvalue weighted by molar-refractivity contribution is 5.24. The lowest BCUT2D eigenvalue weighted by atomic mass is 9.81. The summed E-state index contributed by atoms with van der Waals surface area (Å²) >= 11 is 0. The molecule has 0 aliphatic heterocycles. The Labute approximate surface area is 105 Å². The summed E-state index contributed by atoms with van der Waals surface area (Å²) in [6.45, 7) is 4.17. The van der Waals surface area contributed by atoms with Crippen LogP contribution in [0.15, 0.2) is 12.1 Å². The van der Waals surface area contributed by atoms with E-state index < -0.39 is 0 Å². The van der Waals surface area contributed by atoms with E-state index >= 15 is 0 Å². The molecule has 1 unspecified atom stereocenters. The van der Waals surface area contributed by atoms with E-state index in [0.717, 1.165) is 17.3 Å². The first kappa shape index (κ1) is 12.6. The fraction of sp³-hybridized carbons (Fsp3) is 0.667. The molecule has 1 saturated carbocycles. The van der Waals surface area contributed by atoms with Crippen LogP contribution in [0.1, 0.15) is 55.1 Å². The summed E-state index contributed by atoms with van der Waals surface area (Å²) in [6.07, 6.45) is 6.94. The van der Waals surface area contributed by atoms with E-state index in [9.17, 15) is 0 Å². The summed E-state index contributed by atoms with van der Waals surface area (Å²) in [5.41, 5.74) is 3.69. The summed E-state index contributed by atoms with van der Waals surface area (Å²) in [5.74, 6) is 0.801. The molecule has 1 fully saturated rings. The Hall–Kier alpha value is -0.890. The van der Waals surface area contributed by atoms with Crippen molar-refractivity contribution in [3.8, 4) is 0 Å². The molecule has 0 amide bonds. The predicted octanol–water partition coefficient (Wildman–Crippen LogP) is 3.54. The van der Waals surface area contributed by atoms with Gasteiger partial charge in [0.15, 0.2) is 0 Å². The molecule has 0 saturated heterocycles. The van der Waals surface area contributed by atoms with Crippen LogP contribution in [0, 0.1) is 19.8 Å². The lowest BCUT2D eigenvalue weighted by Gasteiger charge is -2.30. The second kappa shape index (κ2) is 5.63. The second-order valence-electron chi connectivity index (χ2n) is 5.35. The monoisotopic (exact) mass is 232 g/mol. The quantitative estimate of drug-likeness (QED) is 0.862. The fourth-order valence-corrected chi connectivity index (χ4v) is 3.19. The minimum atomic E-state index is 0.510. The van der Waals surface area contributed by atoms with E-state index in [1.807, 2.05) is 0 Å². The Balaban J connectivity index is 2.21. The van der Waals surface area contributed by atoms with Crippen molar-refractivity contribution in [2.75, 3.05) is 7.05 Å². The van der Waals surface area contributed by atoms with Gasteiger partial charge >= 0.3 is 0 Å². The molecule has 1 aliphatic carbocycles. The molecular weight excluding hydrogens is 208 g/mol. The summed E-state index contributed by atoms with van der Waals surface area (Å²) in [5, 5.41) is 3.51. The Morgan fingerprint density at radius 1 is 1.12 bits per heavy atom. The molecule has 2 heteroatoms. The van der Waals surface area contributed by atoms with Gasteiger partial charge in [0.2, 0.25) is 0 Å². The van der Waals surface area contributed by atoms with Crippen molar-refractivity contribution in [1.29, 1.82) is 0 Å². The van der Waals surface area contributed by atoms with Gasteiger partial charge in [-0.05, 0) is 57.4 Å². The first-order chi connectivity index (χ1) is 8.20. The Bertz CT molecular complexity index is 347. The highest BCUT2D eigenvalue weighted by Crippen LogP contribution is 2.34. The molecule has 0 spiro atoms. The van der Waals surface area contributed by atoms with E-state index in [2.05, 4.69) is 43.3 Å². The first-order valence-electron chi connectivity index (χ1n) is 6.83. The van der Waals surface area contributed by atoms with Gasteiger partial charge in [-0.25, -0.2) is 0 Å². The number of aryl methyl sites for hydroxylation is 2. The van der Waals surface area contributed by atoms with Gasteiger partial charge in [-0.1, -0.05) is 19.3 Å². The Morgan fingerprint density at radius 2 is 1.71 bits per heavy atom. The molecule has 94 valence electrons. The van der Waals surface area contributed by atoms with Crippen molar-refractivity contribution in [2.24, 2.45) is 5.92 Å². The molecule has 1 heterocycles. The molecule has 1 atom stereocenters. The number of nitrogens with zero attached hydrogens (tertiary/aromatic N) is 1. The Morgan fingerprint density at radius 3 is 2.24 bits per heavy atom. The number of nitrogens with one attached hydrogen (secondary N) is 1. The van der Waals surface area contributed by atoms with Crippen LogP contribution < -0.4 is 5.32 Å². The van der Waals surface area contributed by atoms with E-state index in [-0.39, 0.29) is 0 Å². The topological polar surface area (TPSA) is 24.9 Å². The number of pyridine rings is 1. The van der Waals surface area contributed by atoms with Crippen LogP contribution in [0.5, 0.6) is 0 Å². The van der Waals surface area contributed by atoms with Crippen LogP contribution in [0.2, 0.25) is 0 Å². The summed E-state index contributed by atoms with van der Waals surface area (Å²) in [4.78, 5) is 4.47. The molecule has 1 aromatic heterocycles. The molecule has 2 rings (SSSR count). The number of aromatic nitrogens is 1. The van der Waals surface area contributed by atoms with Gasteiger partial charge in [0.1, 0.15) is 0 Å². The smallest absolute Gasteiger partial charge is 0.0379 e. The van der Waals surface area contributed by atoms with Gasteiger partial charge in [-0.3, -0.25) is 4.98 Å². The maximum atomic E-state index is 4.47.